The first-order valence-corrected chi connectivity index (χ1v) is 8.66. The van der Waals surface area contributed by atoms with E-state index in [0.717, 1.165) is 28.6 Å². The number of hydrogen-bond donors (Lipinski definition) is 2. The highest BCUT2D eigenvalue weighted by Crippen LogP contribution is 2.29. The van der Waals surface area contributed by atoms with E-state index in [0.29, 0.717) is 11.5 Å². The highest BCUT2D eigenvalue weighted by Gasteiger charge is 2.14. The molecule has 0 saturated carbocycles. The van der Waals surface area contributed by atoms with E-state index in [4.69, 9.17) is 0 Å². The summed E-state index contributed by atoms with van der Waals surface area (Å²) in [6.07, 6.45) is 2.75. The average molecular weight is 357 g/mol. The van der Waals surface area contributed by atoms with Crippen molar-refractivity contribution in [2.24, 2.45) is 4.99 Å². The summed E-state index contributed by atoms with van der Waals surface area (Å²) < 4.78 is 25.6. The number of aromatic nitrogens is 1. The molecule has 3 rings (SSSR count). The molecule has 2 N–H and O–H groups in total. The number of hydrogen-bond acceptors (Lipinski definition) is 5. The van der Waals surface area contributed by atoms with Crippen LogP contribution >= 0.6 is 15.9 Å². The van der Waals surface area contributed by atoms with E-state index in [-0.39, 0.29) is 0 Å². The second-order valence-electron chi connectivity index (χ2n) is 4.55. The van der Waals surface area contributed by atoms with E-state index in [1.54, 1.807) is 12.3 Å². The van der Waals surface area contributed by atoms with Gasteiger partial charge in [0.15, 0.2) is 5.96 Å². The summed E-state index contributed by atoms with van der Waals surface area (Å²) in [4.78, 5) is 4.25. The molecule has 2 aromatic rings. The fourth-order valence-electron chi connectivity index (χ4n) is 2.13. The lowest BCUT2D eigenvalue weighted by molar-refractivity contribution is 0.595. The maximum Gasteiger partial charge on any atom is 0.236 e. The normalized spacial score (nSPS) is 15.2. The van der Waals surface area contributed by atoms with Crippen molar-refractivity contribution in [2.75, 3.05) is 24.7 Å². The standard InChI is InChI=1S/C12H13BrN4O2S/c1-20(18,19)17-7-10(13)9-3-2-8(6-11(9)17)16-12-14-4-5-15-12/h2-3,6-7H,4-5H2,1H3,(H2,14,15,16). The Hall–Kier alpha value is -1.54. The summed E-state index contributed by atoms with van der Waals surface area (Å²) in [6.45, 7) is 1.56. The first-order valence-electron chi connectivity index (χ1n) is 6.02. The zero-order valence-corrected chi connectivity index (χ0v) is 13.1. The van der Waals surface area contributed by atoms with Crippen LogP contribution in [0.1, 0.15) is 0 Å². The Balaban J connectivity index is 2.09. The number of benzene rings is 1. The molecule has 8 heteroatoms. The molecule has 0 aliphatic carbocycles. The predicted octanol–water partition coefficient (Wildman–Crippen LogP) is 1.58. The molecule has 0 radical (unpaired) electrons. The number of guanidine groups is 1. The van der Waals surface area contributed by atoms with Crippen molar-refractivity contribution in [1.29, 1.82) is 0 Å². The molecule has 1 aliphatic rings. The summed E-state index contributed by atoms with van der Waals surface area (Å²) >= 11 is 3.38. The zero-order chi connectivity index (χ0) is 14.3. The molecule has 0 spiro atoms. The molecule has 1 aliphatic heterocycles. The molecule has 0 bridgehead atoms. The quantitative estimate of drug-likeness (QED) is 0.856. The third-order valence-electron chi connectivity index (χ3n) is 3.02. The van der Waals surface area contributed by atoms with Gasteiger partial charge in [-0.2, -0.15) is 0 Å². The Morgan fingerprint density at radius 3 is 2.90 bits per heavy atom. The lowest BCUT2D eigenvalue weighted by Gasteiger charge is -2.08. The molecule has 20 heavy (non-hydrogen) atoms. The maximum atomic E-state index is 11.8. The first-order chi connectivity index (χ1) is 9.45. The van der Waals surface area contributed by atoms with E-state index >= 15 is 0 Å². The number of nitrogens with zero attached hydrogens (tertiary/aromatic N) is 2. The lowest BCUT2D eigenvalue weighted by Crippen LogP contribution is -2.26. The van der Waals surface area contributed by atoms with Crippen LogP contribution in [0, 0.1) is 0 Å². The summed E-state index contributed by atoms with van der Waals surface area (Å²) in [5, 5.41) is 7.09. The first kappa shape index (κ1) is 13.4. The van der Waals surface area contributed by atoms with E-state index in [2.05, 4.69) is 31.6 Å². The van der Waals surface area contributed by atoms with Crippen LogP contribution in [-0.2, 0) is 10.0 Å². The van der Waals surface area contributed by atoms with Gasteiger partial charge in [0.05, 0.1) is 18.3 Å². The maximum absolute atomic E-state index is 11.8. The van der Waals surface area contributed by atoms with E-state index in [1.807, 2.05) is 12.1 Å². The third-order valence-corrected chi connectivity index (χ3v) is 4.67. The summed E-state index contributed by atoms with van der Waals surface area (Å²) in [5.41, 5.74) is 1.42. The number of anilines is 1. The summed E-state index contributed by atoms with van der Waals surface area (Å²) in [5.74, 6) is 0.709. The Labute approximate surface area is 125 Å². The molecule has 6 nitrogen and oxygen atoms in total. The van der Waals surface area contributed by atoms with Crippen LogP contribution in [0.25, 0.3) is 10.9 Å². The highest BCUT2D eigenvalue weighted by atomic mass is 79.9. The van der Waals surface area contributed by atoms with Gasteiger partial charge in [0.25, 0.3) is 0 Å². The van der Waals surface area contributed by atoms with Crippen molar-refractivity contribution in [3.05, 3.63) is 28.9 Å². The lowest BCUT2D eigenvalue weighted by atomic mass is 10.2. The van der Waals surface area contributed by atoms with Gasteiger partial charge in [0.1, 0.15) is 0 Å². The molecular formula is C12H13BrN4O2S. The Morgan fingerprint density at radius 1 is 1.45 bits per heavy atom. The largest absolute Gasteiger partial charge is 0.354 e. The monoisotopic (exact) mass is 356 g/mol. The molecule has 0 atom stereocenters. The van der Waals surface area contributed by atoms with Gasteiger partial charge in [0, 0.05) is 28.3 Å². The SMILES string of the molecule is CS(=O)(=O)n1cc(Br)c2ccc(NC3=NCCN3)cc21. The molecule has 1 aromatic carbocycles. The molecule has 106 valence electrons. The van der Waals surface area contributed by atoms with Gasteiger partial charge in [-0.25, -0.2) is 12.4 Å². The van der Waals surface area contributed by atoms with Gasteiger partial charge >= 0.3 is 0 Å². The van der Waals surface area contributed by atoms with Gasteiger partial charge in [-0.05, 0) is 34.1 Å². The van der Waals surface area contributed by atoms with Crippen molar-refractivity contribution in [1.82, 2.24) is 9.29 Å². The molecule has 0 amide bonds. The van der Waals surface area contributed by atoms with Crippen LogP contribution < -0.4 is 10.6 Å². The Morgan fingerprint density at radius 2 is 2.25 bits per heavy atom. The van der Waals surface area contributed by atoms with Gasteiger partial charge in [-0.15, -0.1) is 0 Å². The second-order valence-corrected chi connectivity index (χ2v) is 7.26. The van der Waals surface area contributed by atoms with E-state index in [9.17, 15) is 8.42 Å². The minimum atomic E-state index is -3.34. The minimum Gasteiger partial charge on any atom is -0.354 e. The van der Waals surface area contributed by atoms with Crippen LogP contribution in [0.15, 0.2) is 33.9 Å². The smallest absolute Gasteiger partial charge is 0.236 e. The molecule has 2 heterocycles. The second kappa shape index (κ2) is 4.78. The third kappa shape index (κ3) is 2.40. The van der Waals surface area contributed by atoms with Gasteiger partial charge in [-0.3, -0.25) is 4.99 Å². The van der Waals surface area contributed by atoms with Crippen LogP contribution in [0.2, 0.25) is 0 Å². The average Bonchev–Trinajstić information content (AvgIpc) is 2.97. The van der Waals surface area contributed by atoms with Crippen molar-refractivity contribution in [3.8, 4) is 0 Å². The summed E-state index contributed by atoms with van der Waals surface area (Å²) in [6, 6.07) is 5.56. The molecule has 0 saturated heterocycles. The number of nitrogens with one attached hydrogen (secondary N) is 2. The number of fused-ring (bicyclic) bond motifs is 1. The van der Waals surface area contributed by atoms with Crippen molar-refractivity contribution >= 4 is 48.5 Å². The minimum absolute atomic E-state index is 0.628. The van der Waals surface area contributed by atoms with E-state index in [1.165, 1.54) is 10.2 Å². The molecule has 0 fully saturated rings. The molecular weight excluding hydrogens is 344 g/mol. The zero-order valence-electron chi connectivity index (χ0n) is 10.7. The van der Waals surface area contributed by atoms with Crippen LogP contribution in [0.3, 0.4) is 0 Å². The fraction of sp³-hybridized carbons (Fsp3) is 0.250. The van der Waals surface area contributed by atoms with Gasteiger partial charge < -0.3 is 10.6 Å². The van der Waals surface area contributed by atoms with Crippen molar-refractivity contribution in [3.63, 3.8) is 0 Å². The Bertz CT molecular complexity index is 810. The molecule has 1 aromatic heterocycles. The summed E-state index contributed by atoms with van der Waals surface area (Å²) in [7, 11) is -3.34. The van der Waals surface area contributed by atoms with Crippen LogP contribution in [-0.4, -0.2) is 37.7 Å². The topological polar surface area (TPSA) is 75.5 Å². The van der Waals surface area contributed by atoms with Crippen molar-refractivity contribution < 1.29 is 8.42 Å². The van der Waals surface area contributed by atoms with Crippen molar-refractivity contribution in [2.45, 2.75) is 0 Å². The van der Waals surface area contributed by atoms with Gasteiger partial charge in [0.2, 0.25) is 10.0 Å². The highest BCUT2D eigenvalue weighted by molar-refractivity contribution is 9.10. The van der Waals surface area contributed by atoms with Crippen LogP contribution in [0.5, 0.6) is 0 Å². The van der Waals surface area contributed by atoms with Crippen LogP contribution in [0.4, 0.5) is 5.69 Å². The fourth-order valence-corrected chi connectivity index (χ4v) is 3.61. The Kier molecular flexibility index (Phi) is 3.21. The number of rotatable bonds is 2. The number of halogens is 1. The number of aliphatic imine (C=N–C) groups is 1. The molecule has 0 unspecified atom stereocenters. The van der Waals surface area contributed by atoms with E-state index < -0.39 is 10.0 Å². The predicted molar refractivity (Wildman–Crippen MR) is 83.8 cm³/mol. The van der Waals surface area contributed by atoms with Gasteiger partial charge in [-0.1, -0.05) is 0 Å².